The molecule has 242 valence electrons. The van der Waals surface area contributed by atoms with Crippen LogP contribution < -0.4 is 21.7 Å². The Labute approximate surface area is 264 Å². The maximum atomic E-state index is 13.8. The van der Waals surface area contributed by atoms with Crippen LogP contribution >= 0.6 is 0 Å². The van der Waals surface area contributed by atoms with E-state index >= 15 is 0 Å². The zero-order valence-electron chi connectivity index (χ0n) is 25.7. The van der Waals surface area contributed by atoms with Crippen LogP contribution in [0.5, 0.6) is 0 Å². The van der Waals surface area contributed by atoms with E-state index < -0.39 is 47.9 Å². The molecule has 0 unspecified atom stereocenters. The van der Waals surface area contributed by atoms with E-state index in [1.165, 1.54) is 12.2 Å². The summed E-state index contributed by atoms with van der Waals surface area (Å²) in [4.78, 5) is 63.8. The van der Waals surface area contributed by atoms with Crippen molar-refractivity contribution in [2.45, 2.75) is 83.0 Å². The van der Waals surface area contributed by atoms with Gasteiger partial charge in [0.1, 0.15) is 18.7 Å². The molecule has 0 bridgehead atoms. The van der Waals surface area contributed by atoms with Crippen molar-refractivity contribution in [2.24, 2.45) is 11.7 Å². The SMILES string of the molecule is CCOC(=O)/C=C/[C@H](CCC(N)=O)NC(=O)[C@H](Cc1ccccc1)NC(=O)[C@@H](NC(=O)OCc1ccccc1)C1CCCCC1. The Bertz CT molecular complexity index is 1280. The lowest BCUT2D eigenvalue weighted by atomic mass is 9.83. The van der Waals surface area contributed by atoms with Crippen molar-refractivity contribution in [1.82, 2.24) is 16.0 Å². The topological polar surface area (TPSA) is 166 Å². The average molecular weight is 621 g/mol. The van der Waals surface area contributed by atoms with E-state index in [9.17, 15) is 24.0 Å². The van der Waals surface area contributed by atoms with Crippen LogP contribution in [0.25, 0.3) is 0 Å². The first kappa shape index (κ1) is 34.8. The Morgan fingerprint density at radius 1 is 0.844 bits per heavy atom. The van der Waals surface area contributed by atoms with E-state index in [4.69, 9.17) is 15.2 Å². The molecule has 4 amide bonds. The van der Waals surface area contributed by atoms with Gasteiger partial charge in [0.15, 0.2) is 0 Å². The monoisotopic (exact) mass is 620 g/mol. The third kappa shape index (κ3) is 12.8. The predicted octanol–water partition coefficient (Wildman–Crippen LogP) is 3.46. The molecule has 0 radical (unpaired) electrons. The molecule has 3 atom stereocenters. The maximum absolute atomic E-state index is 13.8. The fourth-order valence-electron chi connectivity index (χ4n) is 5.26. The smallest absolute Gasteiger partial charge is 0.408 e. The molecular formula is C34H44N4O7. The molecule has 1 fully saturated rings. The highest BCUT2D eigenvalue weighted by Gasteiger charge is 2.34. The lowest BCUT2D eigenvalue weighted by Gasteiger charge is -2.31. The summed E-state index contributed by atoms with van der Waals surface area (Å²) in [5, 5.41) is 8.46. The number of nitrogens with two attached hydrogens (primary N) is 1. The highest BCUT2D eigenvalue weighted by atomic mass is 16.5. The number of rotatable bonds is 16. The molecule has 0 aliphatic heterocycles. The van der Waals surface area contributed by atoms with Gasteiger partial charge in [-0.1, -0.05) is 86.0 Å². The minimum Gasteiger partial charge on any atom is -0.463 e. The molecule has 0 heterocycles. The normalized spacial score (nSPS) is 15.3. The number of ether oxygens (including phenoxy) is 2. The molecule has 3 rings (SSSR count). The van der Waals surface area contributed by atoms with Gasteiger partial charge in [-0.3, -0.25) is 14.4 Å². The number of esters is 1. The van der Waals surface area contributed by atoms with Crippen molar-refractivity contribution in [2.75, 3.05) is 6.61 Å². The zero-order valence-corrected chi connectivity index (χ0v) is 25.7. The Morgan fingerprint density at radius 2 is 1.49 bits per heavy atom. The van der Waals surface area contributed by atoms with Gasteiger partial charge in [0.05, 0.1) is 6.61 Å². The van der Waals surface area contributed by atoms with Crippen molar-refractivity contribution < 1.29 is 33.4 Å². The number of hydrogen-bond acceptors (Lipinski definition) is 7. The van der Waals surface area contributed by atoms with E-state index in [-0.39, 0.29) is 38.4 Å². The number of primary amides is 1. The first-order chi connectivity index (χ1) is 21.7. The number of hydrogen-bond donors (Lipinski definition) is 4. The fraction of sp³-hybridized carbons (Fsp3) is 0.441. The third-order valence-corrected chi connectivity index (χ3v) is 7.59. The van der Waals surface area contributed by atoms with Crippen LogP contribution in [-0.4, -0.2) is 54.5 Å². The van der Waals surface area contributed by atoms with Crippen molar-refractivity contribution in [1.29, 1.82) is 0 Å². The minimum atomic E-state index is -1.03. The molecular weight excluding hydrogens is 576 g/mol. The van der Waals surface area contributed by atoms with Crippen molar-refractivity contribution in [3.05, 3.63) is 83.9 Å². The highest BCUT2D eigenvalue weighted by Crippen LogP contribution is 2.27. The Kier molecular flexibility index (Phi) is 14.6. The maximum Gasteiger partial charge on any atom is 0.408 e. The lowest BCUT2D eigenvalue weighted by molar-refractivity contribution is -0.137. The number of carbonyl (C=O) groups is 5. The van der Waals surface area contributed by atoms with Gasteiger partial charge >= 0.3 is 12.1 Å². The second kappa shape index (κ2) is 18.9. The molecule has 0 spiro atoms. The third-order valence-electron chi connectivity index (χ3n) is 7.59. The largest absolute Gasteiger partial charge is 0.463 e. The number of amides is 4. The summed E-state index contributed by atoms with van der Waals surface area (Å²) in [6, 6.07) is 15.8. The Balaban J connectivity index is 1.78. The lowest BCUT2D eigenvalue weighted by Crippen LogP contribution is -2.57. The van der Waals surface area contributed by atoms with Crippen molar-refractivity contribution in [3.63, 3.8) is 0 Å². The first-order valence-electron chi connectivity index (χ1n) is 15.5. The van der Waals surface area contributed by atoms with E-state index in [2.05, 4.69) is 16.0 Å². The second-order valence-electron chi connectivity index (χ2n) is 11.1. The molecule has 45 heavy (non-hydrogen) atoms. The van der Waals surface area contributed by atoms with E-state index in [1.54, 1.807) is 6.92 Å². The van der Waals surface area contributed by atoms with Crippen LogP contribution in [-0.2, 0) is 41.7 Å². The van der Waals surface area contributed by atoms with Gasteiger partial charge in [0.2, 0.25) is 17.7 Å². The fourth-order valence-corrected chi connectivity index (χ4v) is 5.26. The first-order valence-corrected chi connectivity index (χ1v) is 15.5. The molecule has 1 aliphatic rings. The molecule has 1 saturated carbocycles. The summed E-state index contributed by atoms with van der Waals surface area (Å²) >= 11 is 0. The van der Waals surface area contributed by atoms with Gasteiger partial charge < -0.3 is 31.2 Å². The van der Waals surface area contributed by atoms with Crippen LogP contribution in [0.15, 0.2) is 72.8 Å². The molecule has 1 aliphatic carbocycles. The summed E-state index contributed by atoms with van der Waals surface area (Å²) in [5.41, 5.74) is 6.95. The molecule has 11 nitrogen and oxygen atoms in total. The quantitative estimate of drug-likeness (QED) is 0.165. The predicted molar refractivity (Wildman–Crippen MR) is 168 cm³/mol. The van der Waals surface area contributed by atoms with Gasteiger partial charge in [-0.15, -0.1) is 0 Å². The van der Waals surface area contributed by atoms with Crippen LogP contribution in [0, 0.1) is 5.92 Å². The minimum absolute atomic E-state index is 0.0351. The molecule has 5 N–H and O–H groups in total. The summed E-state index contributed by atoms with van der Waals surface area (Å²) in [6.45, 7) is 1.91. The summed E-state index contributed by atoms with van der Waals surface area (Å²) < 4.78 is 10.3. The van der Waals surface area contributed by atoms with Crippen LogP contribution in [0.2, 0.25) is 0 Å². The van der Waals surface area contributed by atoms with Crippen LogP contribution in [0.4, 0.5) is 4.79 Å². The van der Waals surface area contributed by atoms with E-state index in [0.29, 0.717) is 0 Å². The van der Waals surface area contributed by atoms with Crippen molar-refractivity contribution >= 4 is 29.8 Å². The number of nitrogens with one attached hydrogen (secondary N) is 3. The molecule has 2 aromatic rings. The average Bonchev–Trinajstić information content (AvgIpc) is 3.05. The number of alkyl carbamates (subject to hydrolysis) is 1. The number of carbonyl (C=O) groups excluding carboxylic acids is 5. The molecule has 2 aromatic carbocycles. The van der Waals surface area contributed by atoms with E-state index in [1.807, 2.05) is 60.7 Å². The summed E-state index contributed by atoms with van der Waals surface area (Å²) in [6.07, 6.45) is 6.58. The number of benzene rings is 2. The van der Waals surface area contributed by atoms with Gasteiger partial charge in [-0.25, -0.2) is 9.59 Å². The van der Waals surface area contributed by atoms with Crippen molar-refractivity contribution in [3.8, 4) is 0 Å². The molecule has 0 saturated heterocycles. The Morgan fingerprint density at radius 3 is 2.11 bits per heavy atom. The van der Waals surface area contributed by atoms with E-state index in [0.717, 1.165) is 43.2 Å². The van der Waals surface area contributed by atoms with Gasteiger partial charge in [0, 0.05) is 25.0 Å². The van der Waals surface area contributed by atoms with Gasteiger partial charge in [-0.05, 0) is 43.2 Å². The highest BCUT2D eigenvalue weighted by molar-refractivity contribution is 5.92. The Hall–Kier alpha value is -4.67. The standard InChI is InChI=1S/C34H44N4O7/c1-2-44-30(40)21-19-27(18-20-29(35)39)36-32(41)28(22-24-12-6-3-7-13-24)37-33(42)31(26-16-10-5-11-17-26)38-34(43)45-23-25-14-8-4-9-15-25/h3-4,6-9,12-15,19,21,26-28,31H,2,5,10-11,16-18,20,22-23H2,1H3,(H2,35,39)(H,36,41)(H,37,42)(H,38,43)/b21-19+/t27-,28-,31-/m0/s1. The zero-order chi connectivity index (χ0) is 32.4. The summed E-state index contributed by atoms with van der Waals surface area (Å²) in [7, 11) is 0. The van der Waals surface area contributed by atoms with Gasteiger partial charge in [0.25, 0.3) is 0 Å². The summed E-state index contributed by atoms with van der Waals surface area (Å²) in [5.74, 6) is -2.30. The second-order valence-corrected chi connectivity index (χ2v) is 11.1. The van der Waals surface area contributed by atoms with Gasteiger partial charge in [-0.2, -0.15) is 0 Å². The molecule has 0 aromatic heterocycles. The van der Waals surface area contributed by atoms with Crippen LogP contribution in [0.1, 0.15) is 63.0 Å². The van der Waals surface area contributed by atoms with Crippen LogP contribution in [0.3, 0.4) is 0 Å². The molecule has 11 heteroatoms.